The summed E-state index contributed by atoms with van der Waals surface area (Å²) >= 11 is 0. The Kier molecular flexibility index (Phi) is 6.77. The molecule has 2 aromatic carbocycles. The molecule has 152 valence electrons. The Morgan fingerprint density at radius 3 is 1.48 bits per heavy atom. The molecule has 0 amide bonds. The monoisotopic (exact) mass is 395 g/mol. The molecule has 0 saturated carbocycles. The van der Waals surface area contributed by atoms with Gasteiger partial charge in [0.2, 0.25) is 0 Å². The summed E-state index contributed by atoms with van der Waals surface area (Å²) in [6.45, 7) is 3.67. The van der Waals surface area contributed by atoms with Crippen molar-refractivity contribution < 1.29 is 23.9 Å². The number of Topliss-reactive ketones (excluding diaryl/α,β-unsaturated/α-hetero) is 1. The number of ether oxygens (including phenoxy) is 2. The number of piperidine rings is 1. The smallest absolute Gasteiger partial charge is 0.318 e. The highest BCUT2D eigenvalue weighted by Crippen LogP contribution is 2.39. The van der Waals surface area contributed by atoms with Gasteiger partial charge in [0.1, 0.15) is 11.8 Å². The SMILES string of the molecule is CCOC(=O)[C@@H]1C(=O)[C@H](C(=O)OCC)[C@H](c2ccccc2)N[C@H]1c1ccccc1. The summed E-state index contributed by atoms with van der Waals surface area (Å²) in [5, 5.41) is 3.37. The van der Waals surface area contributed by atoms with Gasteiger partial charge in [0.25, 0.3) is 0 Å². The number of carbonyl (C=O) groups is 3. The molecule has 2 aromatic rings. The first kappa shape index (κ1) is 20.7. The van der Waals surface area contributed by atoms with Gasteiger partial charge in [-0.15, -0.1) is 0 Å². The standard InChI is InChI=1S/C23H25NO5/c1-3-28-22(26)17-19(15-11-7-5-8-12-15)24-20(16-13-9-6-10-14-16)18(21(17)25)23(27)29-4-2/h5-14,17-20,24H,3-4H2,1-2H3/t17-,18+,19-,20-/m0/s1. The molecule has 3 rings (SSSR count). The summed E-state index contributed by atoms with van der Waals surface area (Å²) in [5.41, 5.74) is 1.56. The van der Waals surface area contributed by atoms with Crippen molar-refractivity contribution in [3.8, 4) is 0 Å². The Labute approximate surface area is 170 Å². The topological polar surface area (TPSA) is 81.7 Å². The number of rotatable bonds is 6. The van der Waals surface area contributed by atoms with Crippen molar-refractivity contribution in [1.82, 2.24) is 5.32 Å². The second-order valence-electron chi connectivity index (χ2n) is 6.81. The summed E-state index contributed by atoms with van der Waals surface area (Å²) in [6.07, 6.45) is 0. The fourth-order valence-corrected chi connectivity index (χ4v) is 3.77. The normalized spacial score (nSPS) is 24.0. The summed E-state index contributed by atoms with van der Waals surface area (Å²) in [7, 11) is 0. The van der Waals surface area contributed by atoms with Crippen LogP contribution in [0.1, 0.15) is 37.1 Å². The molecule has 6 nitrogen and oxygen atoms in total. The molecule has 1 heterocycles. The summed E-state index contributed by atoms with van der Waals surface area (Å²) in [5.74, 6) is -4.03. The summed E-state index contributed by atoms with van der Waals surface area (Å²) < 4.78 is 10.4. The molecule has 29 heavy (non-hydrogen) atoms. The zero-order valence-electron chi connectivity index (χ0n) is 16.5. The molecule has 0 radical (unpaired) electrons. The fraction of sp³-hybridized carbons (Fsp3) is 0.348. The van der Waals surface area contributed by atoms with Crippen LogP contribution in [0.3, 0.4) is 0 Å². The Morgan fingerprint density at radius 1 is 0.759 bits per heavy atom. The van der Waals surface area contributed by atoms with E-state index in [1.807, 2.05) is 60.7 Å². The Bertz CT molecular complexity index is 783. The van der Waals surface area contributed by atoms with Crippen molar-refractivity contribution in [3.05, 3.63) is 71.8 Å². The maximum Gasteiger partial charge on any atom is 0.318 e. The van der Waals surface area contributed by atoms with Crippen molar-refractivity contribution in [1.29, 1.82) is 0 Å². The van der Waals surface area contributed by atoms with E-state index in [0.717, 1.165) is 11.1 Å². The van der Waals surface area contributed by atoms with E-state index in [-0.39, 0.29) is 13.2 Å². The van der Waals surface area contributed by atoms with Crippen LogP contribution >= 0.6 is 0 Å². The average Bonchev–Trinajstić information content (AvgIpc) is 2.74. The van der Waals surface area contributed by atoms with Gasteiger partial charge in [-0.25, -0.2) is 0 Å². The first-order valence-corrected chi connectivity index (χ1v) is 9.81. The Balaban J connectivity index is 2.08. The predicted octanol–water partition coefficient (Wildman–Crippen LogP) is 3.00. The van der Waals surface area contributed by atoms with Crippen molar-refractivity contribution in [2.45, 2.75) is 25.9 Å². The molecule has 0 aliphatic carbocycles. The van der Waals surface area contributed by atoms with Gasteiger partial charge in [0, 0.05) is 0 Å². The van der Waals surface area contributed by atoms with Crippen LogP contribution in [0.4, 0.5) is 0 Å². The predicted molar refractivity (Wildman–Crippen MR) is 107 cm³/mol. The van der Waals surface area contributed by atoms with Crippen molar-refractivity contribution in [3.63, 3.8) is 0 Å². The molecule has 0 bridgehead atoms. The Hall–Kier alpha value is -2.99. The van der Waals surface area contributed by atoms with Crippen LogP contribution in [-0.2, 0) is 23.9 Å². The van der Waals surface area contributed by atoms with Crippen LogP contribution in [0, 0.1) is 11.8 Å². The van der Waals surface area contributed by atoms with Gasteiger partial charge < -0.3 is 14.8 Å². The first-order valence-electron chi connectivity index (χ1n) is 9.81. The van der Waals surface area contributed by atoms with Gasteiger partial charge >= 0.3 is 11.9 Å². The van der Waals surface area contributed by atoms with E-state index in [2.05, 4.69) is 5.32 Å². The van der Waals surface area contributed by atoms with Gasteiger partial charge in [0.15, 0.2) is 5.78 Å². The molecule has 1 aliphatic heterocycles. The van der Waals surface area contributed by atoms with E-state index >= 15 is 0 Å². The van der Waals surface area contributed by atoms with Crippen LogP contribution < -0.4 is 5.32 Å². The maximum absolute atomic E-state index is 13.5. The number of esters is 2. The van der Waals surface area contributed by atoms with Crippen LogP contribution in [0.25, 0.3) is 0 Å². The third-order valence-electron chi connectivity index (χ3n) is 5.04. The molecule has 6 heteroatoms. The second-order valence-corrected chi connectivity index (χ2v) is 6.81. The molecule has 4 atom stereocenters. The minimum Gasteiger partial charge on any atom is -0.465 e. The zero-order chi connectivity index (χ0) is 20.8. The van der Waals surface area contributed by atoms with Crippen LogP contribution in [0.2, 0.25) is 0 Å². The minimum absolute atomic E-state index is 0.149. The highest BCUT2D eigenvalue weighted by atomic mass is 16.5. The van der Waals surface area contributed by atoms with Crippen molar-refractivity contribution in [2.24, 2.45) is 11.8 Å². The van der Waals surface area contributed by atoms with Crippen LogP contribution in [-0.4, -0.2) is 30.9 Å². The highest BCUT2D eigenvalue weighted by molar-refractivity contribution is 6.10. The van der Waals surface area contributed by atoms with E-state index in [9.17, 15) is 14.4 Å². The van der Waals surface area contributed by atoms with Gasteiger partial charge in [-0.05, 0) is 25.0 Å². The first-order chi connectivity index (χ1) is 14.1. The van der Waals surface area contributed by atoms with E-state index in [0.29, 0.717) is 0 Å². The second kappa shape index (κ2) is 9.47. The lowest BCUT2D eigenvalue weighted by Crippen LogP contribution is -2.54. The lowest BCUT2D eigenvalue weighted by molar-refractivity contribution is -0.162. The van der Waals surface area contributed by atoms with Gasteiger partial charge in [-0.1, -0.05) is 60.7 Å². The molecular weight excluding hydrogens is 370 g/mol. The molecule has 1 N–H and O–H groups in total. The molecule has 1 fully saturated rings. The molecule has 1 aliphatic rings. The molecule has 0 unspecified atom stereocenters. The summed E-state index contributed by atoms with van der Waals surface area (Å²) in [6, 6.07) is 17.3. The summed E-state index contributed by atoms with van der Waals surface area (Å²) in [4.78, 5) is 38.9. The lowest BCUT2D eigenvalue weighted by atomic mass is 9.74. The number of carbonyl (C=O) groups excluding carboxylic acids is 3. The highest BCUT2D eigenvalue weighted by Gasteiger charge is 2.52. The number of ketones is 1. The van der Waals surface area contributed by atoms with Crippen LogP contribution in [0.15, 0.2) is 60.7 Å². The number of hydrogen-bond donors (Lipinski definition) is 1. The fourth-order valence-electron chi connectivity index (χ4n) is 3.77. The quantitative estimate of drug-likeness (QED) is 0.598. The number of benzene rings is 2. The average molecular weight is 395 g/mol. The lowest BCUT2D eigenvalue weighted by Gasteiger charge is -2.39. The van der Waals surface area contributed by atoms with E-state index < -0.39 is 41.6 Å². The molecule has 0 aromatic heterocycles. The molecule has 0 spiro atoms. The third kappa shape index (κ3) is 4.38. The maximum atomic E-state index is 13.5. The van der Waals surface area contributed by atoms with Gasteiger partial charge in [0.05, 0.1) is 25.3 Å². The minimum atomic E-state index is -1.13. The molecule has 1 saturated heterocycles. The third-order valence-corrected chi connectivity index (χ3v) is 5.04. The van der Waals surface area contributed by atoms with Gasteiger partial charge in [-0.2, -0.15) is 0 Å². The van der Waals surface area contributed by atoms with Gasteiger partial charge in [-0.3, -0.25) is 14.4 Å². The van der Waals surface area contributed by atoms with E-state index in [4.69, 9.17) is 9.47 Å². The van der Waals surface area contributed by atoms with E-state index in [1.165, 1.54) is 0 Å². The number of hydrogen-bond acceptors (Lipinski definition) is 6. The Morgan fingerprint density at radius 2 is 1.14 bits per heavy atom. The van der Waals surface area contributed by atoms with Crippen molar-refractivity contribution >= 4 is 17.7 Å². The number of nitrogens with one attached hydrogen (secondary N) is 1. The van der Waals surface area contributed by atoms with Crippen LogP contribution in [0.5, 0.6) is 0 Å². The zero-order valence-corrected chi connectivity index (χ0v) is 16.5. The van der Waals surface area contributed by atoms with Crippen molar-refractivity contribution in [2.75, 3.05) is 13.2 Å². The van der Waals surface area contributed by atoms with E-state index in [1.54, 1.807) is 13.8 Å². The molecular formula is C23H25NO5. The largest absolute Gasteiger partial charge is 0.465 e.